The molecule has 0 spiro atoms. The first-order chi connectivity index (χ1) is 13.4. The summed E-state index contributed by atoms with van der Waals surface area (Å²) in [6.07, 6.45) is 0.671. The Hall–Kier alpha value is -2.06. The first kappa shape index (κ1) is 19.3. The molecule has 2 aromatic carbocycles. The van der Waals surface area contributed by atoms with E-state index in [1.165, 1.54) is 6.07 Å². The van der Waals surface area contributed by atoms with Gasteiger partial charge in [0.2, 0.25) is 0 Å². The number of halogens is 3. The molecule has 2 heterocycles. The second kappa shape index (κ2) is 7.40. The third-order valence-corrected chi connectivity index (χ3v) is 5.63. The molecule has 148 valence electrons. The number of anilines is 1. The highest BCUT2D eigenvalue weighted by Crippen LogP contribution is 2.33. The summed E-state index contributed by atoms with van der Waals surface area (Å²) in [5.74, 6) is 0.0323. The second-order valence-electron chi connectivity index (χ2n) is 6.90. The zero-order valence-electron chi connectivity index (χ0n) is 14.7. The average Bonchev–Trinajstić information content (AvgIpc) is 3.15. The van der Waals surface area contributed by atoms with Crippen LogP contribution in [0.5, 0.6) is 5.75 Å². The van der Waals surface area contributed by atoms with E-state index in [1.807, 2.05) is 0 Å². The van der Waals surface area contributed by atoms with Crippen LogP contribution in [-0.2, 0) is 0 Å². The molecule has 2 atom stereocenters. The number of β-amino-alcohol motifs (C(OH)–C–C–N with tert-alkyl or cyclic N) is 1. The van der Waals surface area contributed by atoms with Gasteiger partial charge in [0.05, 0.1) is 27.8 Å². The highest BCUT2D eigenvalue weighted by atomic mass is 35.5. The Bertz CT molecular complexity index is 1020. The monoisotopic (exact) mass is 425 g/mol. The van der Waals surface area contributed by atoms with Crippen molar-refractivity contribution >= 4 is 39.8 Å². The lowest BCUT2D eigenvalue weighted by molar-refractivity contribution is -0.108. The van der Waals surface area contributed by atoms with Gasteiger partial charge in [-0.1, -0.05) is 23.2 Å². The van der Waals surface area contributed by atoms with Crippen LogP contribution in [0.3, 0.4) is 0 Å². The fourth-order valence-electron chi connectivity index (χ4n) is 3.40. The van der Waals surface area contributed by atoms with E-state index < -0.39 is 17.5 Å². The van der Waals surface area contributed by atoms with Crippen molar-refractivity contribution in [2.75, 3.05) is 24.6 Å². The van der Waals surface area contributed by atoms with Gasteiger partial charge in [0, 0.05) is 18.1 Å². The van der Waals surface area contributed by atoms with E-state index in [4.69, 9.17) is 27.9 Å². The average molecular weight is 426 g/mol. The molecule has 1 fully saturated rings. The molecule has 28 heavy (non-hydrogen) atoms. The van der Waals surface area contributed by atoms with Gasteiger partial charge in [-0.25, -0.2) is 4.39 Å². The van der Waals surface area contributed by atoms with E-state index in [1.54, 1.807) is 35.4 Å². The summed E-state index contributed by atoms with van der Waals surface area (Å²) >= 11 is 11.9. The minimum Gasteiger partial charge on any atom is -0.490 e. The largest absolute Gasteiger partial charge is 0.490 e. The molecular weight excluding hydrogens is 408 g/mol. The Morgan fingerprint density at radius 3 is 2.89 bits per heavy atom. The number of fused-ring (bicyclic) bond motifs is 1. The maximum Gasteiger partial charge on any atom is 0.147 e. The van der Waals surface area contributed by atoms with Crippen molar-refractivity contribution < 1.29 is 19.3 Å². The zero-order chi connectivity index (χ0) is 19.9. The maximum atomic E-state index is 14.2. The van der Waals surface area contributed by atoms with Gasteiger partial charge in [-0.2, -0.15) is 5.10 Å². The number of aliphatic hydroxyl groups is 2. The number of H-pyrrole nitrogens is 1. The summed E-state index contributed by atoms with van der Waals surface area (Å²) in [6.45, 7) is 0.310. The number of rotatable bonds is 4. The lowest BCUT2D eigenvalue weighted by Crippen LogP contribution is -2.58. The molecule has 0 bridgehead atoms. The van der Waals surface area contributed by atoms with Crippen molar-refractivity contribution in [2.24, 2.45) is 0 Å². The molecule has 0 saturated carbocycles. The predicted molar refractivity (Wildman–Crippen MR) is 106 cm³/mol. The van der Waals surface area contributed by atoms with Crippen molar-refractivity contribution in [3.05, 3.63) is 52.4 Å². The Morgan fingerprint density at radius 2 is 2.14 bits per heavy atom. The molecule has 1 aromatic heterocycles. The molecule has 1 aliphatic heterocycles. The number of nitrogens with one attached hydrogen (secondary N) is 1. The van der Waals surface area contributed by atoms with Crippen molar-refractivity contribution in [1.29, 1.82) is 0 Å². The van der Waals surface area contributed by atoms with E-state index in [0.29, 0.717) is 38.9 Å². The number of hydrogen-bond donors (Lipinski definition) is 3. The fraction of sp³-hybridized carbons (Fsp3) is 0.316. The number of nitrogens with zero attached hydrogens (tertiary/aromatic N) is 2. The van der Waals surface area contributed by atoms with Crippen LogP contribution >= 0.6 is 23.2 Å². The molecule has 6 nitrogen and oxygen atoms in total. The highest BCUT2D eigenvalue weighted by Gasteiger charge is 2.42. The van der Waals surface area contributed by atoms with E-state index in [-0.39, 0.29) is 19.6 Å². The van der Waals surface area contributed by atoms with Crippen molar-refractivity contribution in [1.82, 2.24) is 10.2 Å². The third kappa shape index (κ3) is 3.51. The molecule has 1 saturated heterocycles. The Labute approximate surface area is 170 Å². The lowest BCUT2D eigenvalue weighted by atomic mass is 9.89. The number of ether oxygens (including phenoxy) is 1. The van der Waals surface area contributed by atoms with Crippen LogP contribution in [-0.4, -0.2) is 51.8 Å². The zero-order valence-corrected chi connectivity index (χ0v) is 16.2. The van der Waals surface area contributed by atoms with Crippen molar-refractivity contribution in [3.63, 3.8) is 0 Å². The van der Waals surface area contributed by atoms with E-state index in [2.05, 4.69) is 10.2 Å². The number of aromatic nitrogens is 2. The van der Waals surface area contributed by atoms with Gasteiger partial charge in [-0.05, 0) is 36.8 Å². The topological polar surface area (TPSA) is 81.6 Å². The molecule has 0 radical (unpaired) electrons. The maximum absolute atomic E-state index is 14.2. The molecule has 0 unspecified atom stereocenters. The molecule has 3 aromatic rings. The lowest BCUT2D eigenvalue weighted by Gasteiger charge is -2.42. The highest BCUT2D eigenvalue weighted by molar-refractivity contribution is 6.35. The Balaban J connectivity index is 1.47. The molecule has 3 N–H and O–H groups in total. The predicted octanol–water partition coefficient (Wildman–Crippen LogP) is 3.39. The molecule has 9 heteroatoms. The van der Waals surface area contributed by atoms with Crippen LogP contribution in [0.15, 0.2) is 36.5 Å². The Kier molecular flexibility index (Phi) is 5.09. The SMILES string of the molecule is O[C@@H]1CN(c2ccc(Cl)cc2F)CC[C@@]1(O)COc1ccc(Cl)c2[nH]ncc12. The summed E-state index contributed by atoms with van der Waals surface area (Å²) in [6, 6.07) is 7.74. The van der Waals surface area contributed by atoms with Gasteiger partial charge in [0.15, 0.2) is 0 Å². The number of aromatic amines is 1. The third-order valence-electron chi connectivity index (χ3n) is 5.08. The van der Waals surface area contributed by atoms with Crippen LogP contribution in [0.25, 0.3) is 10.9 Å². The quantitative estimate of drug-likeness (QED) is 0.596. The molecule has 0 amide bonds. The van der Waals surface area contributed by atoms with Crippen LogP contribution in [0.1, 0.15) is 6.42 Å². The van der Waals surface area contributed by atoms with Gasteiger partial charge in [-0.3, -0.25) is 5.10 Å². The van der Waals surface area contributed by atoms with E-state index >= 15 is 0 Å². The first-order valence-corrected chi connectivity index (χ1v) is 9.48. The summed E-state index contributed by atoms with van der Waals surface area (Å²) in [4.78, 5) is 1.68. The summed E-state index contributed by atoms with van der Waals surface area (Å²) < 4.78 is 19.9. The van der Waals surface area contributed by atoms with Crippen molar-refractivity contribution in [3.8, 4) is 5.75 Å². The van der Waals surface area contributed by atoms with E-state index in [9.17, 15) is 14.6 Å². The fourth-order valence-corrected chi connectivity index (χ4v) is 3.76. The molecule has 4 rings (SSSR count). The molecular formula is C19H18Cl2FN3O3. The summed E-state index contributed by atoms with van der Waals surface area (Å²) in [5.41, 5.74) is -0.487. The number of hydrogen-bond acceptors (Lipinski definition) is 5. The van der Waals surface area contributed by atoms with Gasteiger partial charge in [0.1, 0.15) is 29.9 Å². The summed E-state index contributed by atoms with van der Waals surface area (Å²) in [5, 5.41) is 29.7. The summed E-state index contributed by atoms with van der Waals surface area (Å²) in [7, 11) is 0. The molecule has 0 aliphatic carbocycles. The van der Waals surface area contributed by atoms with Crippen LogP contribution in [0, 0.1) is 5.82 Å². The Morgan fingerprint density at radius 1 is 1.32 bits per heavy atom. The minimum absolute atomic E-state index is 0.0696. The first-order valence-electron chi connectivity index (χ1n) is 8.72. The smallest absolute Gasteiger partial charge is 0.147 e. The van der Waals surface area contributed by atoms with Crippen LogP contribution < -0.4 is 9.64 Å². The van der Waals surface area contributed by atoms with Crippen LogP contribution in [0.4, 0.5) is 10.1 Å². The second-order valence-corrected chi connectivity index (χ2v) is 7.75. The number of aliphatic hydroxyl groups excluding tert-OH is 1. The van der Waals surface area contributed by atoms with Gasteiger partial charge < -0.3 is 19.8 Å². The molecule has 1 aliphatic rings. The van der Waals surface area contributed by atoms with E-state index in [0.717, 1.165) is 0 Å². The van der Waals surface area contributed by atoms with Gasteiger partial charge in [0.25, 0.3) is 0 Å². The van der Waals surface area contributed by atoms with Crippen molar-refractivity contribution in [2.45, 2.75) is 18.1 Å². The van der Waals surface area contributed by atoms with Gasteiger partial charge in [-0.15, -0.1) is 0 Å². The number of benzene rings is 2. The number of piperidine rings is 1. The normalized spacial score (nSPS) is 22.6. The minimum atomic E-state index is -1.46. The van der Waals surface area contributed by atoms with Crippen LogP contribution in [0.2, 0.25) is 10.0 Å². The standard InChI is InChI=1S/C19H18Cl2FN3O3/c20-11-1-3-15(14(22)7-11)25-6-5-19(27,17(26)9-25)10-28-16-4-2-13(21)18-12(16)8-23-24-18/h1-4,7-8,17,26-27H,5-6,9-10H2,(H,23,24)/t17-,19-/m1/s1. The van der Waals surface area contributed by atoms with Gasteiger partial charge >= 0.3 is 0 Å².